The van der Waals surface area contributed by atoms with Crippen LogP contribution in [0.3, 0.4) is 0 Å². The Labute approximate surface area is 122 Å². The Kier molecular flexibility index (Phi) is 5.26. The predicted octanol–water partition coefficient (Wildman–Crippen LogP) is 4.72. The number of benzene rings is 1. The molecule has 1 amide bonds. The van der Waals surface area contributed by atoms with Gasteiger partial charge in [-0.05, 0) is 24.1 Å². The summed E-state index contributed by atoms with van der Waals surface area (Å²) in [6.07, 6.45) is -4.50. The van der Waals surface area contributed by atoms with Gasteiger partial charge in [0, 0.05) is 10.7 Å². The third-order valence-corrected chi connectivity index (χ3v) is 4.02. The summed E-state index contributed by atoms with van der Waals surface area (Å²) < 4.78 is 37.8. The minimum absolute atomic E-state index is 0.0151. The van der Waals surface area contributed by atoms with Crippen LogP contribution in [0.1, 0.15) is 19.4 Å². The van der Waals surface area contributed by atoms with Crippen LogP contribution in [0.5, 0.6) is 0 Å². The normalized spacial score (nSPS) is 13.5. The molecular formula is C12H12BrClF3NO. The second-order valence-corrected chi connectivity index (χ2v) is 5.78. The van der Waals surface area contributed by atoms with E-state index in [4.69, 9.17) is 11.6 Å². The van der Waals surface area contributed by atoms with E-state index in [0.29, 0.717) is 0 Å². The van der Waals surface area contributed by atoms with Crippen LogP contribution < -0.4 is 5.32 Å². The molecule has 1 N–H and O–H groups in total. The number of amides is 1. The Morgan fingerprint density at radius 2 is 1.89 bits per heavy atom. The lowest BCUT2D eigenvalue weighted by molar-refractivity contribution is -0.137. The molecule has 1 rings (SSSR count). The van der Waals surface area contributed by atoms with Crippen LogP contribution in [0.4, 0.5) is 18.9 Å². The first-order valence-electron chi connectivity index (χ1n) is 5.44. The number of alkyl halides is 4. The zero-order valence-electron chi connectivity index (χ0n) is 10.2. The Hall–Kier alpha value is -0.750. The van der Waals surface area contributed by atoms with Crippen molar-refractivity contribution in [3.8, 4) is 0 Å². The summed E-state index contributed by atoms with van der Waals surface area (Å²) >= 11 is 8.79. The highest BCUT2D eigenvalue weighted by molar-refractivity contribution is 9.10. The van der Waals surface area contributed by atoms with E-state index in [-0.39, 0.29) is 16.6 Å². The second kappa shape index (κ2) is 6.13. The number of rotatable bonds is 3. The van der Waals surface area contributed by atoms with Crippen LogP contribution in [0.2, 0.25) is 5.02 Å². The number of anilines is 1. The Balaban J connectivity index is 2.97. The minimum atomic E-state index is -4.50. The zero-order chi connectivity index (χ0) is 14.8. The van der Waals surface area contributed by atoms with Crippen LogP contribution in [-0.2, 0) is 11.0 Å². The monoisotopic (exact) mass is 357 g/mol. The molecule has 7 heteroatoms. The van der Waals surface area contributed by atoms with E-state index in [9.17, 15) is 18.0 Å². The van der Waals surface area contributed by atoms with Crippen LogP contribution >= 0.6 is 27.5 Å². The van der Waals surface area contributed by atoms with Gasteiger partial charge in [0.05, 0.1) is 10.4 Å². The van der Waals surface area contributed by atoms with Crippen molar-refractivity contribution < 1.29 is 18.0 Å². The topological polar surface area (TPSA) is 29.1 Å². The third-order valence-electron chi connectivity index (χ3n) is 2.33. The molecular weight excluding hydrogens is 346 g/mol. The van der Waals surface area contributed by atoms with E-state index in [0.717, 1.165) is 12.1 Å². The zero-order valence-corrected chi connectivity index (χ0v) is 12.5. The predicted molar refractivity (Wildman–Crippen MR) is 72.6 cm³/mol. The van der Waals surface area contributed by atoms with Crippen molar-refractivity contribution in [2.24, 2.45) is 5.92 Å². The molecule has 1 aromatic carbocycles. The molecule has 0 spiro atoms. The smallest absolute Gasteiger partial charge is 0.325 e. The minimum Gasteiger partial charge on any atom is -0.325 e. The molecule has 0 radical (unpaired) electrons. The quantitative estimate of drug-likeness (QED) is 0.779. The van der Waals surface area contributed by atoms with Crippen molar-refractivity contribution in [1.82, 2.24) is 0 Å². The third kappa shape index (κ3) is 4.69. The highest BCUT2D eigenvalue weighted by Crippen LogP contribution is 2.33. The molecule has 0 aromatic heterocycles. The number of carbonyl (C=O) groups excluding carboxylic acids is 1. The van der Waals surface area contributed by atoms with E-state index in [1.165, 1.54) is 6.07 Å². The number of nitrogens with one attached hydrogen (secondary N) is 1. The molecule has 0 saturated carbocycles. The first kappa shape index (κ1) is 16.3. The number of hydrogen-bond acceptors (Lipinski definition) is 1. The molecule has 1 aromatic rings. The Morgan fingerprint density at radius 1 is 1.32 bits per heavy atom. The molecule has 0 aliphatic carbocycles. The van der Waals surface area contributed by atoms with Crippen LogP contribution in [-0.4, -0.2) is 10.7 Å². The highest BCUT2D eigenvalue weighted by Gasteiger charge is 2.31. The maximum atomic E-state index is 12.6. The fraction of sp³-hybridized carbons (Fsp3) is 0.417. The average Bonchev–Trinajstić information content (AvgIpc) is 2.25. The summed E-state index contributed by atoms with van der Waals surface area (Å²) in [4.78, 5) is 11.3. The van der Waals surface area contributed by atoms with Gasteiger partial charge in [-0.25, -0.2) is 0 Å². The van der Waals surface area contributed by atoms with Crippen molar-refractivity contribution in [3.63, 3.8) is 0 Å². The molecule has 0 aliphatic heterocycles. The van der Waals surface area contributed by atoms with Gasteiger partial charge in [-0.2, -0.15) is 13.2 Å². The first-order chi connectivity index (χ1) is 8.61. The van der Waals surface area contributed by atoms with Crippen molar-refractivity contribution in [1.29, 1.82) is 0 Å². The lowest BCUT2D eigenvalue weighted by Gasteiger charge is -2.15. The molecule has 19 heavy (non-hydrogen) atoms. The van der Waals surface area contributed by atoms with Crippen LogP contribution in [0.15, 0.2) is 18.2 Å². The van der Waals surface area contributed by atoms with Gasteiger partial charge in [0.1, 0.15) is 0 Å². The van der Waals surface area contributed by atoms with Gasteiger partial charge in [0.2, 0.25) is 5.91 Å². The van der Waals surface area contributed by atoms with Crippen molar-refractivity contribution >= 4 is 39.1 Å². The van der Waals surface area contributed by atoms with Gasteiger partial charge >= 0.3 is 6.18 Å². The van der Waals surface area contributed by atoms with Crippen LogP contribution in [0.25, 0.3) is 0 Å². The van der Waals surface area contributed by atoms with Crippen molar-refractivity contribution in [2.45, 2.75) is 24.9 Å². The van der Waals surface area contributed by atoms with Gasteiger partial charge in [-0.15, -0.1) is 0 Å². The summed E-state index contributed by atoms with van der Waals surface area (Å²) in [5.41, 5.74) is -0.874. The average molecular weight is 359 g/mol. The first-order valence-corrected chi connectivity index (χ1v) is 6.73. The standard InChI is InChI=1S/C12H12BrClF3NO/c1-6(2)10(13)11(19)18-9-4-7(12(15,16)17)3-8(14)5-9/h3-6,10H,1-2H3,(H,18,19). The largest absolute Gasteiger partial charge is 0.416 e. The number of hydrogen-bond donors (Lipinski definition) is 1. The summed E-state index contributed by atoms with van der Waals surface area (Å²) in [5.74, 6) is -0.397. The summed E-state index contributed by atoms with van der Waals surface area (Å²) in [7, 11) is 0. The molecule has 0 saturated heterocycles. The summed E-state index contributed by atoms with van der Waals surface area (Å²) in [6, 6.07) is 2.93. The van der Waals surface area contributed by atoms with Gasteiger partial charge in [0.15, 0.2) is 0 Å². The molecule has 0 aliphatic rings. The molecule has 1 unspecified atom stereocenters. The molecule has 0 heterocycles. The van der Waals surface area contributed by atoms with E-state index >= 15 is 0 Å². The van der Waals surface area contributed by atoms with Gasteiger partial charge in [-0.1, -0.05) is 41.4 Å². The van der Waals surface area contributed by atoms with Gasteiger partial charge in [-0.3, -0.25) is 4.79 Å². The fourth-order valence-electron chi connectivity index (χ4n) is 1.34. The van der Waals surface area contributed by atoms with Gasteiger partial charge < -0.3 is 5.32 Å². The van der Waals surface area contributed by atoms with E-state index in [1.807, 2.05) is 13.8 Å². The summed E-state index contributed by atoms with van der Waals surface area (Å²) in [5, 5.41) is 2.32. The van der Waals surface area contributed by atoms with E-state index in [1.54, 1.807) is 0 Å². The summed E-state index contributed by atoms with van der Waals surface area (Å²) in [6.45, 7) is 3.64. The van der Waals surface area contributed by atoms with Crippen LogP contribution in [0, 0.1) is 5.92 Å². The number of carbonyl (C=O) groups is 1. The van der Waals surface area contributed by atoms with Crippen molar-refractivity contribution in [3.05, 3.63) is 28.8 Å². The van der Waals surface area contributed by atoms with Crippen molar-refractivity contribution in [2.75, 3.05) is 5.32 Å². The Bertz CT molecular complexity index is 477. The Morgan fingerprint density at radius 3 is 2.37 bits per heavy atom. The molecule has 0 bridgehead atoms. The fourth-order valence-corrected chi connectivity index (χ4v) is 1.69. The lowest BCUT2D eigenvalue weighted by Crippen LogP contribution is -2.27. The number of halogens is 5. The van der Waals surface area contributed by atoms with E-state index < -0.39 is 22.5 Å². The maximum Gasteiger partial charge on any atom is 0.416 e. The van der Waals surface area contributed by atoms with E-state index in [2.05, 4.69) is 21.2 Å². The molecule has 2 nitrogen and oxygen atoms in total. The molecule has 0 fully saturated rings. The second-order valence-electron chi connectivity index (χ2n) is 4.36. The van der Waals surface area contributed by atoms with Gasteiger partial charge in [0.25, 0.3) is 0 Å². The SMILES string of the molecule is CC(C)C(Br)C(=O)Nc1cc(Cl)cc(C(F)(F)F)c1. The maximum absolute atomic E-state index is 12.6. The highest BCUT2D eigenvalue weighted by atomic mass is 79.9. The molecule has 106 valence electrons. The molecule has 1 atom stereocenters. The lowest BCUT2D eigenvalue weighted by atomic mass is 10.1.